The summed E-state index contributed by atoms with van der Waals surface area (Å²) in [7, 11) is -3.19. The molecule has 0 saturated carbocycles. The summed E-state index contributed by atoms with van der Waals surface area (Å²) in [5, 5.41) is 7.02. The maximum atomic E-state index is 14.8. The quantitative estimate of drug-likeness (QED) is 0.692. The maximum Gasteiger partial charge on any atom is 0.274 e. The molecule has 0 aliphatic carbocycles. The van der Waals surface area contributed by atoms with Crippen molar-refractivity contribution in [2.45, 2.75) is 31.7 Å². The minimum atomic E-state index is -3.19. The maximum absolute atomic E-state index is 14.8. The Hall–Kier alpha value is -2.18. The van der Waals surface area contributed by atoms with Crippen LogP contribution in [-0.2, 0) is 10.0 Å². The molecule has 0 bridgehead atoms. The van der Waals surface area contributed by atoms with Gasteiger partial charge in [-0.3, -0.25) is 0 Å². The van der Waals surface area contributed by atoms with Crippen LogP contribution in [0, 0.1) is 12.3 Å². The number of alkyl halides is 2. The lowest BCUT2D eigenvalue weighted by Crippen LogP contribution is -2.62. The largest absolute Gasteiger partial charge is 0.351 e. The molecule has 5 heterocycles. The molecule has 0 radical (unpaired) electrons. The molecule has 9 nitrogen and oxygen atoms in total. The molecule has 12 heteroatoms. The third-order valence-corrected chi connectivity index (χ3v) is 8.12. The van der Waals surface area contributed by atoms with Crippen molar-refractivity contribution in [3.63, 3.8) is 0 Å². The fourth-order valence-corrected chi connectivity index (χ4v) is 5.72. The Kier molecular flexibility index (Phi) is 5.02. The highest BCUT2D eigenvalue weighted by Crippen LogP contribution is 2.48. The Morgan fingerprint density at radius 3 is 2.50 bits per heavy atom. The number of pyridine rings is 1. The first-order valence-electron chi connectivity index (χ1n) is 10.8. The Labute approximate surface area is 185 Å². The van der Waals surface area contributed by atoms with Crippen LogP contribution in [0.15, 0.2) is 12.3 Å². The average molecular weight is 468 g/mol. The van der Waals surface area contributed by atoms with E-state index < -0.39 is 21.4 Å². The molecule has 2 N–H and O–H groups in total. The fourth-order valence-electron chi connectivity index (χ4n) is 4.85. The standard InChI is InChI=1S/C20H27F2N7O2S/c1-13-7-14-8-24-18(26-15-3-5-29(6-4-15)32(2,30)31)27-16(14)17(25-13)28-11-19(9-23-10-19)20(21,22)12-28/h7-8,15,23H,3-6,9-12H2,1-2H3,(H,24,26,27). The molecule has 3 aliphatic rings. The predicted molar refractivity (Wildman–Crippen MR) is 118 cm³/mol. The Balaban J connectivity index is 1.40. The van der Waals surface area contributed by atoms with E-state index in [1.54, 1.807) is 11.1 Å². The summed E-state index contributed by atoms with van der Waals surface area (Å²) < 4.78 is 54.5. The van der Waals surface area contributed by atoms with Crippen molar-refractivity contribution in [1.29, 1.82) is 0 Å². The van der Waals surface area contributed by atoms with Crippen LogP contribution in [0.25, 0.3) is 10.9 Å². The van der Waals surface area contributed by atoms with Gasteiger partial charge in [-0.2, -0.15) is 0 Å². The van der Waals surface area contributed by atoms with Crippen LogP contribution in [0.3, 0.4) is 0 Å². The average Bonchev–Trinajstić information content (AvgIpc) is 2.99. The van der Waals surface area contributed by atoms with Gasteiger partial charge in [-0.15, -0.1) is 0 Å². The summed E-state index contributed by atoms with van der Waals surface area (Å²) in [6.45, 7) is 3.16. The van der Waals surface area contributed by atoms with Crippen LogP contribution in [-0.4, -0.2) is 85.2 Å². The van der Waals surface area contributed by atoms with E-state index >= 15 is 0 Å². The third-order valence-electron chi connectivity index (χ3n) is 6.82. The van der Waals surface area contributed by atoms with Gasteiger partial charge in [0.2, 0.25) is 16.0 Å². The van der Waals surface area contributed by atoms with Crippen molar-refractivity contribution in [2.24, 2.45) is 5.41 Å². The molecule has 0 atom stereocenters. The smallest absolute Gasteiger partial charge is 0.274 e. The second-order valence-electron chi connectivity index (χ2n) is 9.24. The van der Waals surface area contributed by atoms with Gasteiger partial charge in [-0.25, -0.2) is 36.5 Å². The minimum absolute atomic E-state index is 0.0350. The topological polar surface area (TPSA) is 103 Å². The highest BCUT2D eigenvalue weighted by Gasteiger charge is 2.63. The first-order chi connectivity index (χ1) is 15.1. The molecule has 5 rings (SSSR count). The number of aromatic nitrogens is 3. The Morgan fingerprint density at radius 1 is 1.19 bits per heavy atom. The van der Waals surface area contributed by atoms with Gasteiger partial charge in [0.25, 0.3) is 5.92 Å². The zero-order valence-corrected chi connectivity index (χ0v) is 18.9. The predicted octanol–water partition coefficient (Wildman–Crippen LogP) is 1.21. The van der Waals surface area contributed by atoms with E-state index in [1.165, 1.54) is 10.6 Å². The van der Waals surface area contributed by atoms with E-state index in [0.717, 1.165) is 11.1 Å². The summed E-state index contributed by atoms with van der Waals surface area (Å²) in [6.07, 6.45) is 4.18. The van der Waals surface area contributed by atoms with Crippen molar-refractivity contribution in [1.82, 2.24) is 24.6 Å². The third kappa shape index (κ3) is 3.67. The number of piperidine rings is 1. The number of hydrogen-bond donors (Lipinski definition) is 2. The number of anilines is 2. The van der Waals surface area contributed by atoms with Gasteiger partial charge in [0, 0.05) is 56.0 Å². The van der Waals surface area contributed by atoms with Crippen LogP contribution in [0.5, 0.6) is 0 Å². The van der Waals surface area contributed by atoms with Crippen LogP contribution in [0.1, 0.15) is 18.5 Å². The molecule has 3 saturated heterocycles. The summed E-state index contributed by atoms with van der Waals surface area (Å²) in [6, 6.07) is 1.88. The number of rotatable bonds is 4. The van der Waals surface area contributed by atoms with Gasteiger partial charge in [-0.1, -0.05) is 0 Å². The number of fused-ring (bicyclic) bond motifs is 1. The zero-order chi connectivity index (χ0) is 22.7. The highest BCUT2D eigenvalue weighted by molar-refractivity contribution is 7.88. The van der Waals surface area contributed by atoms with Crippen molar-refractivity contribution in [2.75, 3.05) is 55.7 Å². The van der Waals surface area contributed by atoms with Gasteiger partial charge in [0.15, 0.2) is 5.82 Å². The molecule has 1 spiro atoms. The van der Waals surface area contributed by atoms with Gasteiger partial charge in [0.05, 0.1) is 18.2 Å². The van der Waals surface area contributed by atoms with E-state index in [0.29, 0.717) is 56.3 Å². The van der Waals surface area contributed by atoms with Gasteiger partial charge in [0.1, 0.15) is 5.52 Å². The van der Waals surface area contributed by atoms with Gasteiger partial charge < -0.3 is 15.5 Å². The first kappa shape index (κ1) is 21.7. The van der Waals surface area contributed by atoms with E-state index in [1.807, 2.05) is 13.0 Å². The first-order valence-corrected chi connectivity index (χ1v) is 12.6. The second kappa shape index (κ2) is 7.42. The monoisotopic (exact) mass is 467 g/mol. The molecular formula is C20H27F2N7O2S. The zero-order valence-electron chi connectivity index (χ0n) is 18.1. The lowest BCUT2D eigenvalue weighted by atomic mass is 9.78. The number of aryl methyl sites for hydroxylation is 1. The molecule has 3 fully saturated rings. The van der Waals surface area contributed by atoms with E-state index in [-0.39, 0.29) is 19.1 Å². The molecule has 2 aromatic heterocycles. The summed E-state index contributed by atoms with van der Waals surface area (Å²) >= 11 is 0. The molecular weight excluding hydrogens is 440 g/mol. The number of nitrogens with zero attached hydrogens (tertiary/aromatic N) is 5. The van der Waals surface area contributed by atoms with E-state index in [2.05, 4.69) is 25.6 Å². The van der Waals surface area contributed by atoms with E-state index in [4.69, 9.17) is 0 Å². The normalized spacial score (nSPS) is 23.6. The SMILES string of the molecule is Cc1cc2cnc(NC3CCN(S(C)(=O)=O)CC3)nc2c(N2CC(F)(F)C3(CNC3)C2)n1. The van der Waals surface area contributed by atoms with Crippen LogP contribution >= 0.6 is 0 Å². The number of halogens is 2. The second-order valence-corrected chi connectivity index (χ2v) is 11.2. The molecule has 2 aromatic rings. The van der Waals surface area contributed by atoms with Crippen molar-refractivity contribution in [3.8, 4) is 0 Å². The van der Waals surface area contributed by atoms with Crippen molar-refractivity contribution in [3.05, 3.63) is 18.0 Å². The molecule has 0 amide bonds. The van der Waals surface area contributed by atoms with Crippen molar-refractivity contribution >= 4 is 32.7 Å². The molecule has 0 aromatic carbocycles. The Morgan fingerprint density at radius 2 is 1.91 bits per heavy atom. The lowest BCUT2D eigenvalue weighted by molar-refractivity contribution is -0.107. The summed E-state index contributed by atoms with van der Waals surface area (Å²) in [5.41, 5.74) is 0.217. The number of nitrogens with one attached hydrogen (secondary N) is 2. The molecule has 174 valence electrons. The number of sulfonamides is 1. The Bertz CT molecular complexity index is 1150. The number of hydrogen-bond acceptors (Lipinski definition) is 8. The van der Waals surface area contributed by atoms with Gasteiger partial charge in [-0.05, 0) is 25.8 Å². The van der Waals surface area contributed by atoms with Crippen LogP contribution < -0.4 is 15.5 Å². The molecule has 32 heavy (non-hydrogen) atoms. The highest BCUT2D eigenvalue weighted by atomic mass is 32.2. The van der Waals surface area contributed by atoms with Crippen molar-refractivity contribution < 1.29 is 17.2 Å². The van der Waals surface area contributed by atoms with Crippen LogP contribution in [0.4, 0.5) is 20.5 Å². The summed E-state index contributed by atoms with van der Waals surface area (Å²) in [4.78, 5) is 15.3. The minimum Gasteiger partial charge on any atom is -0.351 e. The summed E-state index contributed by atoms with van der Waals surface area (Å²) in [5.74, 6) is -1.94. The fraction of sp³-hybridized carbons (Fsp3) is 0.650. The lowest BCUT2D eigenvalue weighted by Gasteiger charge is -2.42. The van der Waals surface area contributed by atoms with Gasteiger partial charge >= 0.3 is 0 Å². The molecule has 3 aliphatic heterocycles. The van der Waals surface area contributed by atoms with Crippen LogP contribution in [0.2, 0.25) is 0 Å². The molecule has 0 unspecified atom stereocenters. The van der Waals surface area contributed by atoms with E-state index in [9.17, 15) is 17.2 Å².